The van der Waals surface area contributed by atoms with Gasteiger partial charge in [0.15, 0.2) is 0 Å². The molecule has 0 spiro atoms. The standard InChI is InChI=1S/C17H27BO5/c1-22-15-11-14(19)12(9-10-16(18)23-2)13(15)7-5-3-4-6-8-17(20)21/h3,5,9-10,12-16,19H,4,6-8,11H2,1-2H3,(H,20,21)/b5-3-,10-9+/t12-,13-,14-,15+,16?/m1/s1. The second kappa shape index (κ2) is 10.6. The highest BCUT2D eigenvalue weighted by molar-refractivity contribution is 6.12. The van der Waals surface area contributed by atoms with E-state index in [2.05, 4.69) is 0 Å². The Balaban J connectivity index is 2.57. The van der Waals surface area contributed by atoms with E-state index in [0.29, 0.717) is 12.8 Å². The first-order chi connectivity index (χ1) is 11.0. The second-order valence-electron chi connectivity index (χ2n) is 5.90. The summed E-state index contributed by atoms with van der Waals surface area (Å²) >= 11 is 0. The van der Waals surface area contributed by atoms with Gasteiger partial charge in [0.2, 0.25) is 0 Å². The lowest BCUT2D eigenvalue weighted by Crippen LogP contribution is -2.21. The molecular weight excluding hydrogens is 295 g/mol. The average Bonchev–Trinajstić information content (AvgIpc) is 2.83. The average molecular weight is 322 g/mol. The molecule has 1 rings (SSSR count). The quantitative estimate of drug-likeness (QED) is 0.365. The highest BCUT2D eigenvalue weighted by Gasteiger charge is 2.40. The van der Waals surface area contributed by atoms with Crippen LogP contribution in [0.15, 0.2) is 24.3 Å². The van der Waals surface area contributed by atoms with Crippen LogP contribution < -0.4 is 0 Å². The van der Waals surface area contributed by atoms with Crippen molar-refractivity contribution in [2.75, 3.05) is 14.2 Å². The summed E-state index contributed by atoms with van der Waals surface area (Å²) in [5.41, 5.74) is 0. The smallest absolute Gasteiger partial charge is 0.303 e. The first kappa shape index (κ1) is 19.9. The number of rotatable bonds is 10. The molecule has 0 amide bonds. The molecule has 5 atom stereocenters. The van der Waals surface area contributed by atoms with Crippen LogP contribution in [0, 0.1) is 11.8 Å². The van der Waals surface area contributed by atoms with E-state index in [4.69, 9.17) is 22.4 Å². The van der Waals surface area contributed by atoms with Crippen molar-refractivity contribution in [1.29, 1.82) is 0 Å². The molecule has 6 heteroatoms. The molecule has 2 radical (unpaired) electrons. The van der Waals surface area contributed by atoms with Gasteiger partial charge in [0.25, 0.3) is 0 Å². The van der Waals surface area contributed by atoms with E-state index < -0.39 is 18.1 Å². The fourth-order valence-electron chi connectivity index (χ4n) is 3.01. The number of aliphatic hydroxyl groups excluding tert-OH is 1. The fourth-order valence-corrected chi connectivity index (χ4v) is 3.01. The first-order valence-electron chi connectivity index (χ1n) is 8.04. The molecular formula is C17H27BO5. The zero-order valence-corrected chi connectivity index (χ0v) is 13.9. The Labute approximate surface area is 139 Å². The Kier molecular flexibility index (Phi) is 9.21. The number of allylic oxidation sites excluding steroid dienone is 2. The molecule has 2 N–H and O–H groups in total. The van der Waals surface area contributed by atoms with Crippen LogP contribution in [-0.2, 0) is 14.3 Å². The predicted molar refractivity (Wildman–Crippen MR) is 89.3 cm³/mol. The first-order valence-corrected chi connectivity index (χ1v) is 8.04. The number of ether oxygens (including phenoxy) is 2. The number of carbonyl (C=O) groups is 1. The summed E-state index contributed by atoms with van der Waals surface area (Å²) in [6.07, 6.45) is 10.2. The van der Waals surface area contributed by atoms with Crippen molar-refractivity contribution in [3.8, 4) is 0 Å². The summed E-state index contributed by atoms with van der Waals surface area (Å²) in [6.45, 7) is 0. The Bertz CT molecular complexity index is 410. The maximum atomic E-state index is 10.5. The van der Waals surface area contributed by atoms with E-state index >= 15 is 0 Å². The van der Waals surface area contributed by atoms with Crippen LogP contribution in [0.1, 0.15) is 32.1 Å². The van der Waals surface area contributed by atoms with Crippen molar-refractivity contribution < 1.29 is 24.5 Å². The third-order valence-corrected chi connectivity index (χ3v) is 4.32. The second-order valence-corrected chi connectivity index (χ2v) is 5.90. The third kappa shape index (κ3) is 6.89. The molecule has 1 saturated carbocycles. The predicted octanol–water partition coefficient (Wildman–Crippen LogP) is 1.90. The third-order valence-electron chi connectivity index (χ3n) is 4.32. The SMILES string of the molecule is [B]C(/C=C/[C@@H]1[C@@H](C/C=C\CCCC(=O)O)[C@@H](OC)C[C@H]1O)OC. The van der Waals surface area contributed by atoms with Crippen molar-refractivity contribution in [2.24, 2.45) is 11.8 Å². The Morgan fingerprint density at radius 2 is 2.13 bits per heavy atom. The van der Waals surface area contributed by atoms with E-state index in [1.54, 1.807) is 13.2 Å². The molecule has 0 saturated heterocycles. The molecule has 1 fully saturated rings. The molecule has 0 heterocycles. The molecule has 1 aliphatic rings. The highest BCUT2D eigenvalue weighted by Crippen LogP contribution is 2.37. The molecule has 1 unspecified atom stereocenters. The van der Waals surface area contributed by atoms with E-state index in [1.807, 2.05) is 18.2 Å². The van der Waals surface area contributed by atoms with Gasteiger partial charge in [-0.1, -0.05) is 24.3 Å². The normalized spacial score (nSPS) is 29.5. The minimum Gasteiger partial charge on any atom is -0.481 e. The number of carboxylic acid groups (broad SMARTS) is 1. The largest absolute Gasteiger partial charge is 0.481 e. The van der Waals surface area contributed by atoms with Crippen LogP contribution in [-0.4, -0.2) is 56.5 Å². The van der Waals surface area contributed by atoms with E-state index in [0.717, 1.165) is 12.8 Å². The topological polar surface area (TPSA) is 76.0 Å². The van der Waals surface area contributed by atoms with Gasteiger partial charge in [0.1, 0.15) is 7.85 Å². The lowest BCUT2D eigenvalue weighted by atomic mass is 9.88. The van der Waals surface area contributed by atoms with E-state index in [9.17, 15) is 9.90 Å². The number of aliphatic carboxylic acids is 1. The zero-order chi connectivity index (χ0) is 17.2. The van der Waals surface area contributed by atoms with Gasteiger partial charge < -0.3 is 19.7 Å². The molecule has 0 aromatic heterocycles. The highest BCUT2D eigenvalue weighted by atomic mass is 16.5. The summed E-state index contributed by atoms with van der Waals surface area (Å²) in [5, 5.41) is 18.8. The van der Waals surface area contributed by atoms with E-state index in [1.165, 1.54) is 7.11 Å². The van der Waals surface area contributed by atoms with Crippen molar-refractivity contribution in [3.63, 3.8) is 0 Å². The zero-order valence-electron chi connectivity index (χ0n) is 13.9. The number of carboxylic acids is 1. The maximum absolute atomic E-state index is 10.5. The van der Waals surface area contributed by atoms with Gasteiger partial charge in [-0.2, -0.15) is 0 Å². The Morgan fingerprint density at radius 3 is 2.74 bits per heavy atom. The van der Waals surface area contributed by atoms with Gasteiger partial charge in [-0.15, -0.1) is 0 Å². The number of hydrogen-bond acceptors (Lipinski definition) is 4. The molecule has 0 aliphatic heterocycles. The van der Waals surface area contributed by atoms with Gasteiger partial charge in [-0.05, 0) is 25.2 Å². The van der Waals surface area contributed by atoms with Gasteiger partial charge in [0.05, 0.1) is 12.2 Å². The van der Waals surface area contributed by atoms with Crippen molar-refractivity contribution in [2.45, 2.75) is 50.3 Å². The number of unbranched alkanes of at least 4 members (excludes halogenated alkanes) is 1. The molecule has 128 valence electrons. The lowest BCUT2D eigenvalue weighted by Gasteiger charge is -2.21. The number of hydrogen-bond donors (Lipinski definition) is 2. The van der Waals surface area contributed by atoms with Gasteiger partial charge >= 0.3 is 5.97 Å². The molecule has 0 bridgehead atoms. The van der Waals surface area contributed by atoms with Crippen molar-refractivity contribution in [1.82, 2.24) is 0 Å². The lowest BCUT2D eigenvalue weighted by molar-refractivity contribution is -0.137. The minimum absolute atomic E-state index is 0.00193. The van der Waals surface area contributed by atoms with Crippen LogP contribution in [0.4, 0.5) is 0 Å². The number of aliphatic hydroxyl groups is 1. The van der Waals surface area contributed by atoms with Gasteiger partial charge in [-0.25, -0.2) is 0 Å². The van der Waals surface area contributed by atoms with Crippen LogP contribution in [0.3, 0.4) is 0 Å². The summed E-state index contributed by atoms with van der Waals surface area (Å²) in [7, 11) is 8.90. The van der Waals surface area contributed by atoms with Crippen LogP contribution in [0.5, 0.6) is 0 Å². The van der Waals surface area contributed by atoms with Gasteiger partial charge in [-0.3, -0.25) is 4.79 Å². The molecule has 5 nitrogen and oxygen atoms in total. The summed E-state index contributed by atoms with van der Waals surface area (Å²) < 4.78 is 10.5. The van der Waals surface area contributed by atoms with Crippen LogP contribution in [0.25, 0.3) is 0 Å². The van der Waals surface area contributed by atoms with Gasteiger partial charge in [0, 0.05) is 39.0 Å². The molecule has 1 aliphatic carbocycles. The van der Waals surface area contributed by atoms with Crippen LogP contribution in [0.2, 0.25) is 0 Å². The van der Waals surface area contributed by atoms with Crippen molar-refractivity contribution in [3.05, 3.63) is 24.3 Å². The maximum Gasteiger partial charge on any atom is 0.303 e. The molecule has 0 aromatic carbocycles. The van der Waals surface area contributed by atoms with Crippen LogP contribution >= 0.6 is 0 Å². The molecule has 23 heavy (non-hydrogen) atoms. The minimum atomic E-state index is -0.767. The fraction of sp³-hybridized carbons (Fsp3) is 0.706. The monoisotopic (exact) mass is 322 g/mol. The molecule has 0 aromatic rings. The summed E-state index contributed by atoms with van der Waals surface area (Å²) in [5.74, 6) is -0.618. The van der Waals surface area contributed by atoms with Crippen molar-refractivity contribution >= 4 is 13.8 Å². The summed E-state index contributed by atoms with van der Waals surface area (Å²) in [4.78, 5) is 10.5. The van der Waals surface area contributed by atoms with E-state index in [-0.39, 0.29) is 24.4 Å². The number of methoxy groups -OCH3 is 2. The Morgan fingerprint density at radius 1 is 1.39 bits per heavy atom. The summed E-state index contributed by atoms with van der Waals surface area (Å²) in [6, 6.07) is -0.476. The Hall–Kier alpha value is -1.11.